The van der Waals surface area contributed by atoms with Crippen molar-refractivity contribution in [1.29, 1.82) is 0 Å². The van der Waals surface area contributed by atoms with Crippen LogP contribution in [0.15, 0.2) is 42.0 Å². The average Bonchev–Trinajstić information content (AvgIpc) is 3.19. The zero-order valence-corrected chi connectivity index (χ0v) is 35.8. The van der Waals surface area contributed by atoms with Gasteiger partial charge in [-0.05, 0) is 111 Å². The van der Waals surface area contributed by atoms with Gasteiger partial charge in [0.05, 0.1) is 69.6 Å². The molecule has 0 saturated heterocycles. The second-order valence-corrected chi connectivity index (χ2v) is 19.6. The number of carbonyl (C=O) groups excluding carboxylic acids is 3. The molecular formula is C47H70O10. The summed E-state index contributed by atoms with van der Waals surface area (Å²) in [5.41, 5.74) is 0.118. The summed E-state index contributed by atoms with van der Waals surface area (Å²) in [6, 6.07) is 9.86. The maximum Gasteiger partial charge on any atom is 0.312 e. The summed E-state index contributed by atoms with van der Waals surface area (Å²) >= 11 is 0. The van der Waals surface area contributed by atoms with Gasteiger partial charge in [0.1, 0.15) is 19.0 Å². The molecule has 5 aliphatic carbocycles. The number of aliphatic hydroxyl groups is 1. The highest BCUT2D eigenvalue weighted by Crippen LogP contribution is 2.75. The summed E-state index contributed by atoms with van der Waals surface area (Å²) in [5.74, 6) is -0.463. The number of aliphatic hydroxyl groups excluding tert-OH is 1. The number of hydrogen-bond donors (Lipinski definition) is 1. The number of allylic oxidation sites excluding steroid dienone is 1. The van der Waals surface area contributed by atoms with Crippen molar-refractivity contribution in [1.82, 2.24) is 0 Å². The molecule has 1 N–H and O–H groups in total. The SMILES string of the molecule is COCCOCCOCCOCCC(=O)O[C@H]1CC[C@]2(C)[C@H]3C(O)C=C4[C@@H]5C[C@@](C)(C(=O)OCc6ccccc6)CC[C@]5(C)CC[C@@]4(C)[C@]3(C)CC[C@H]2[C@]1(C)C=O. The Morgan fingerprint density at radius 1 is 0.807 bits per heavy atom. The first kappa shape index (κ1) is 43.9. The highest BCUT2D eigenvalue weighted by Gasteiger charge is 2.71. The molecule has 0 aliphatic heterocycles. The summed E-state index contributed by atoms with van der Waals surface area (Å²) in [4.78, 5) is 40.2. The topological polar surface area (TPSA) is 127 Å². The monoisotopic (exact) mass is 794 g/mol. The Morgan fingerprint density at radius 2 is 1.46 bits per heavy atom. The fourth-order valence-corrected chi connectivity index (χ4v) is 12.7. The van der Waals surface area contributed by atoms with Gasteiger partial charge in [0.2, 0.25) is 0 Å². The van der Waals surface area contributed by atoms with Gasteiger partial charge in [-0.15, -0.1) is 0 Å². The highest BCUT2D eigenvalue weighted by atomic mass is 16.6. The molecule has 0 bridgehead atoms. The summed E-state index contributed by atoms with van der Waals surface area (Å²) in [5, 5.41) is 12.5. The second-order valence-electron chi connectivity index (χ2n) is 19.6. The lowest BCUT2D eigenvalue weighted by Crippen LogP contribution is -2.68. The van der Waals surface area contributed by atoms with Crippen molar-refractivity contribution in [3.63, 3.8) is 0 Å². The lowest BCUT2D eigenvalue weighted by molar-refractivity contribution is -0.228. The van der Waals surface area contributed by atoms with Crippen molar-refractivity contribution in [3.05, 3.63) is 47.5 Å². The van der Waals surface area contributed by atoms with Crippen LogP contribution in [0.5, 0.6) is 0 Å². The van der Waals surface area contributed by atoms with Gasteiger partial charge in [0.25, 0.3) is 0 Å². The molecule has 10 heteroatoms. The number of ether oxygens (including phenoxy) is 6. The summed E-state index contributed by atoms with van der Waals surface area (Å²) < 4.78 is 33.6. The molecule has 4 fully saturated rings. The maximum absolute atomic E-state index is 13.8. The van der Waals surface area contributed by atoms with Crippen LogP contribution in [0.2, 0.25) is 0 Å². The predicted molar refractivity (Wildman–Crippen MR) is 216 cm³/mol. The maximum atomic E-state index is 13.8. The van der Waals surface area contributed by atoms with E-state index in [1.807, 2.05) is 37.3 Å². The smallest absolute Gasteiger partial charge is 0.312 e. The molecule has 0 radical (unpaired) electrons. The van der Waals surface area contributed by atoms with Gasteiger partial charge in [0.15, 0.2) is 0 Å². The number of hydrogen-bond acceptors (Lipinski definition) is 10. The molecule has 11 atom stereocenters. The number of rotatable bonds is 17. The van der Waals surface area contributed by atoms with Gasteiger partial charge >= 0.3 is 11.9 Å². The normalized spacial score (nSPS) is 39.7. The number of fused-ring (bicyclic) bond motifs is 7. The zero-order valence-electron chi connectivity index (χ0n) is 35.8. The lowest BCUT2D eigenvalue weighted by Gasteiger charge is -2.71. The van der Waals surface area contributed by atoms with E-state index >= 15 is 0 Å². The van der Waals surface area contributed by atoms with Gasteiger partial charge in [-0.2, -0.15) is 0 Å². The first-order valence-electron chi connectivity index (χ1n) is 21.6. The minimum Gasteiger partial charge on any atom is -0.461 e. The molecule has 6 rings (SSSR count). The molecule has 1 aromatic carbocycles. The van der Waals surface area contributed by atoms with Gasteiger partial charge in [-0.25, -0.2) is 0 Å². The lowest BCUT2D eigenvalue weighted by atomic mass is 9.33. The van der Waals surface area contributed by atoms with Gasteiger partial charge < -0.3 is 38.3 Å². The van der Waals surface area contributed by atoms with Gasteiger partial charge in [0, 0.05) is 13.0 Å². The molecular weight excluding hydrogens is 725 g/mol. The van der Waals surface area contributed by atoms with E-state index < -0.39 is 23.0 Å². The van der Waals surface area contributed by atoms with E-state index in [0.29, 0.717) is 52.5 Å². The van der Waals surface area contributed by atoms with Gasteiger partial charge in [-0.3, -0.25) is 9.59 Å². The second kappa shape index (κ2) is 17.5. The Labute approximate surface area is 341 Å². The number of carbonyl (C=O) groups is 3. The largest absolute Gasteiger partial charge is 0.461 e. The van der Waals surface area contributed by atoms with E-state index in [2.05, 4.69) is 40.7 Å². The Bertz CT molecular complexity index is 1600. The van der Waals surface area contributed by atoms with Crippen LogP contribution in [0.4, 0.5) is 0 Å². The molecule has 1 aromatic rings. The quantitative estimate of drug-likeness (QED) is 0.0727. The molecule has 0 aromatic heterocycles. The van der Waals surface area contributed by atoms with E-state index in [1.54, 1.807) is 7.11 Å². The van der Waals surface area contributed by atoms with Crippen molar-refractivity contribution < 1.29 is 47.9 Å². The third kappa shape index (κ3) is 8.29. The minimum absolute atomic E-state index is 0.0465. The number of aldehydes is 1. The van der Waals surface area contributed by atoms with E-state index in [9.17, 15) is 19.5 Å². The van der Waals surface area contributed by atoms with Crippen LogP contribution in [0.25, 0.3) is 0 Å². The molecule has 1 unspecified atom stereocenters. The van der Waals surface area contributed by atoms with Crippen LogP contribution in [-0.2, 0) is 49.4 Å². The van der Waals surface area contributed by atoms with Crippen LogP contribution in [0, 0.1) is 50.2 Å². The summed E-state index contributed by atoms with van der Waals surface area (Å²) in [6.45, 7) is 16.8. The van der Waals surface area contributed by atoms with Crippen LogP contribution >= 0.6 is 0 Å². The minimum atomic E-state index is -0.884. The Kier molecular flexibility index (Phi) is 13.5. The van der Waals surface area contributed by atoms with Crippen LogP contribution in [0.3, 0.4) is 0 Å². The fourth-order valence-electron chi connectivity index (χ4n) is 12.7. The molecule has 4 saturated carbocycles. The predicted octanol–water partition coefficient (Wildman–Crippen LogP) is 7.68. The van der Waals surface area contributed by atoms with Crippen molar-refractivity contribution in [2.75, 3.05) is 53.4 Å². The third-order valence-electron chi connectivity index (χ3n) is 16.3. The molecule has 57 heavy (non-hydrogen) atoms. The van der Waals surface area contributed by atoms with Crippen molar-refractivity contribution in [3.8, 4) is 0 Å². The van der Waals surface area contributed by atoms with E-state index in [4.69, 9.17) is 28.4 Å². The number of benzene rings is 1. The number of esters is 2. The first-order chi connectivity index (χ1) is 27.1. The van der Waals surface area contributed by atoms with E-state index in [-0.39, 0.29) is 71.0 Å². The third-order valence-corrected chi connectivity index (χ3v) is 16.3. The highest BCUT2D eigenvalue weighted by molar-refractivity contribution is 5.77. The van der Waals surface area contributed by atoms with Crippen LogP contribution in [0.1, 0.15) is 111 Å². The first-order valence-corrected chi connectivity index (χ1v) is 21.6. The fraction of sp³-hybridized carbons (Fsp3) is 0.766. The molecule has 0 amide bonds. The Balaban J connectivity index is 1.12. The number of methoxy groups -OCH3 is 1. The molecule has 0 heterocycles. The zero-order chi connectivity index (χ0) is 41.1. The average molecular weight is 795 g/mol. The van der Waals surface area contributed by atoms with Crippen LogP contribution in [-0.4, -0.2) is 88.9 Å². The van der Waals surface area contributed by atoms with E-state index in [0.717, 1.165) is 56.8 Å². The van der Waals surface area contributed by atoms with Crippen molar-refractivity contribution >= 4 is 18.2 Å². The Morgan fingerprint density at radius 3 is 2.12 bits per heavy atom. The van der Waals surface area contributed by atoms with Crippen molar-refractivity contribution in [2.45, 2.75) is 125 Å². The summed E-state index contributed by atoms with van der Waals surface area (Å²) in [7, 11) is 1.63. The summed E-state index contributed by atoms with van der Waals surface area (Å²) in [6.07, 6.45) is 9.65. The molecule has 5 aliphatic rings. The van der Waals surface area contributed by atoms with E-state index in [1.165, 1.54) is 5.57 Å². The van der Waals surface area contributed by atoms with Crippen LogP contribution < -0.4 is 0 Å². The molecule has 318 valence electrons. The molecule has 0 spiro atoms. The standard InChI is InChI=1S/C47H70O10/c1-42-18-19-43(2,41(51)56-31-33-11-9-8-10-12-33)30-35(42)34-29-36(49)40-44(3)16-14-38(57-39(50)15-22-53-25-26-55-28-27-54-24-23-52-7)45(4,32-48)37(44)13-17-47(40,6)46(34,5)21-20-42/h8-12,29,32,35-38,40,49H,13-28,30-31H2,1-7H3/t35-,36?,37+,38-,40+,42+,43-,44-,45-,46+,47+/m0/s1. The Hall–Kier alpha value is -2.63. The van der Waals surface area contributed by atoms with Gasteiger partial charge in [-0.1, -0.05) is 69.7 Å². The molecule has 10 nitrogen and oxygen atoms in total. The van der Waals surface area contributed by atoms with Crippen molar-refractivity contribution in [2.24, 2.45) is 50.2 Å².